The number of anilines is 2. The number of nitrogens with zero attached hydrogens (tertiary/aromatic N) is 1. The van der Waals surface area contributed by atoms with E-state index in [1.165, 1.54) is 26.6 Å². The highest BCUT2D eigenvalue weighted by atomic mass is 79.9. The van der Waals surface area contributed by atoms with Crippen LogP contribution in [0.5, 0.6) is 0 Å². The normalized spacial score (nSPS) is 17.3. The summed E-state index contributed by atoms with van der Waals surface area (Å²) in [6.07, 6.45) is 6.12. The van der Waals surface area contributed by atoms with Crippen LogP contribution in [0, 0.1) is 0 Å². The first kappa shape index (κ1) is 18.6. The van der Waals surface area contributed by atoms with Gasteiger partial charge in [-0.3, -0.25) is 0 Å². The zero-order chi connectivity index (χ0) is 19.6. The molecule has 4 heteroatoms. The number of hydrogen-bond donors (Lipinski definition) is 0. The summed E-state index contributed by atoms with van der Waals surface area (Å²) in [5, 5.41) is 2.49. The molecule has 1 heterocycles. The fourth-order valence-electron chi connectivity index (χ4n) is 3.98. The van der Waals surface area contributed by atoms with Crippen LogP contribution in [0.2, 0.25) is 0 Å². The Morgan fingerprint density at radius 2 is 1.55 bits per heavy atom. The lowest BCUT2D eigenvalue weighted by Crippen LogP contribution is -2.18. The van der Waals surface area contributed by atoms with Crippen molar-refractivity contribution in [2.24, 2.45) is 0 Å². The van der Waals surface area contributed by atoms with E-state index in [9.17, 15) is 0 Å². The predicted molar refractivity (Wildman–Crippen MR) is 122 cm³/mol. The van der Waals surface area contributed by atoms with Gasteiger partial charge in [-0.05, 0) is 47.0 Å². The van der Waals surface area contributed by atoms with E-state index in [0.29, 0.717) is 13.2 Å². The van der Waals surface area contributed by atoms with Crippen LogP contribution < -0.4 is 4.90 Å². The topological polar surface area (TPSA) is 21.7 Å². The summed E-state index contributed by atoms with van der Waals surface area (Å²) in [4.78, 5) is 2.37. The van der Waals surface area contributed by atoms with Gasteiger partial charge < -0.3 is 14.4 Å². The standard InChI is InChI=1S/C25H22BrNO2/c26-20-10-14-22(15-11-20)27(24-7-3-5-18-4-1-2-6-23(18)24)21-12-8-19(9-13-21)25-28-16-17-29-25/h1-10,12-14,25H,11,15-17H2. The molecule has 5 rings (SSSR count). The molecule has 146 valence electrons. The molecule has 29 heavy (non-hydrogen) atoms. The molecule has 0 bridgehead atoms. The number of allylic oxidation sites excluding steroid dienone is 4. The second kappa shape index (κ2) is 8.15. The smallest absolute Gasteiger partial charge is 0.184 e. The van der Waals surface area contributed by atoms with Gasteiger partial charge in [-0.2, -0.15) is 0 Å². The van der Waals surface area contributed by atoms with E-state index < -0.39 is 0 Å². The van der Waals surface area contributed by atoms with Gasteiger partial charge in [0.1, 0.15) is 0 Å². The molecule has 0 radical (unpaired) electrons. The van der Waals surface area contributed by atoms with Crippen LogP contribution in [-0.2, 0) is 9.47 Å². The van der Waals surface area contributed by atoms with Crippen molar-refractivity contribution >= 4 is 38.1 Å². The summed E-state index contributed by atoms with van der Waals surface area (Å²) < 4.78 is 12.5. The maximum absolute atomic E-state index is 5.65. The first-order valence-corrected chi connectivity index (χ1v) is 10.8. The number of halogens is 1. The zero-order valence-electron chi connectivity index (χ0n) is 16.1. The molecule has 1 saturated heterocycles. The second-order valence-corrected chi connectivity index (χ2v) is 8.29. The van der Waals surface area contributed by atoms with E-state index in [2.05, 4.69) is 99.7 Å². The van der Waals surface area contributed by atoms with Gasteiger partial charge in [-0.25, -0.2) is 0 Å². The molecule has 1 aliphatic heterocycles. The Morgan fingerprint density at radius 1 is 0.793 bits per heavy atom. The number of benzene rings is 3. The largest absolute Gasteiger partial charge is 0.346 e. The van der Waals surface area contributed by atoms with Crippen LogP contribution in [0.1, 0.15) is 24.7 Å². The SMILES string of the molecule is BrC1=CC=C(N(c2ccc(C3OCCO3)cc2)c2cccc3ccccc23)CC1. The van der Waals surface area contributed by atoms with Gasteiger partial charge in [-0.1, -0.05) is 70.5 Å². The van der Waals surface area contributed by atoms with Crippen molar-refractivity contribution in [3.8, 4) is 0 Å². The molecule has 3 nitrogen and oxygen atoms in total. The Hall–Kier alpha value is -2.40. The van der Waals surface area contributed by atoms with Gasteiger partial charge in [0.05, 0.1) is 18.9 Å². The van der Waals surface area contributed by atoms with Crippen molar-refractivity contribution in [2.45, 2.75) is 19.1 Å². The van der Waals surface area contributed by atoms with Gasteiger partial charge >= 0.3 is 0 Å². The molecular formula is C25H22BrNO2. The lowest BCUT2D eigenvalue weighted by Gasteiger charge is -2.30. The van der Waals surface area contributed by atoms with Crippen molar-refractivity contribution in [3.05, 3.63) is 94.6 Å². The highest BCUT2D eigenvalue weighted by Crippen LogP contribution is 2.39. The van der Waals surface area contributed by atoms with Gasteiger partial charge in [-0.15, -0.1) is 0 Å². The summed E-state index contributed by atoms with van der Waals surface area (Å²) in [5.74, 6) is 0. The van der Waals surface area contributed by atoms with Crippen LogP contribution in [0.3, 0.4) is 0 Å². The van der Waals surface area contributed by atoms with E-state index in [4.69, 9.17) is 9.47 Å². The molecule has 0 spiro atoms. The van der Waals surface area contributed by atoms with Crippen molar-refractivity contribution in [1.82, 2.24) is 0 Å². The Labute approximate surface area is 179 Å². The Balaban J connectivity index is 1.61. The first-order valence-electron chi connectivity index (χ1n) is 9.96. The van der Waals surface area contributed by atoms with Crippen LogP contribution in [0.25, 0.3) is 10.8 Å². The molecule has 3 aromatic carbocycles. The minimum atomic E-state index is -0.247. The van der Waals surface area contributed by atoms with Crippen LogP contribution in [0.4, 0.5) is 11.4 Å². The predicted octanol–water partition coefficient (Wildman–Crippen LogP) is 6.98. The van der Waals surface area contributed by atoms with Crippen molar-refractivity contribution in [2.75, 3.05) is 18.1 Å². The molecule has 3 aromatic rings. The van der Waals surface area contributed by atoms with Crippen molar-refractivity contribution in [3.63, 3.8) is 0 Å². The number of fused-ring (bicyclic) bond motifs is 1. The third-order valence-corrected chi connectivity index (χ3v) is 6.08. The van der Waals surface area contributed by atoms with E-state index in [-0.39, 0.29) is 6.29 Å². The Bertz CT molecular complexity index is 1080. The molecule has 1 fully saturated rings. The van der Waals surface area contributed by atoms with E-state index >= 15 is 0 Å². The molecule has 0 unspecified atom stereocenters. The summed E-state index contributed by atoms with van der Waals surface area (Å²) in [7, 11) is 0. The molecule has 0 N–H and O–H groups in total. The average Bonchev–Trinajstić information content (AvgIpc) is 3.31. The fraction of sp³-hybridized carbons (Fsp3) is 0.200. The third kappa shape index (κ3) is 3.76. The highest BCUT2D eigenvalue weighted by molar-refractivity contribution is 9.11. The summed E-state index contributed by atoms with van der Waals surface area (Å²) >= 11 is 3.63. The molecule has 2 aliphatic rings. The van der Waals surface area contributed by atoms with E-state index in [0.717, 1.165) is 24.1 Å². The maximum Gasteiger partial charge on any atom is 0.184 e. The summed E-state index contributed by atoms with van der Waals surface area (Å²) in [5.41, 5.74) is 4.68. The minimum absolute atomic E-state index is 0.247. The molecule has 0 amide bonds. The van der Waals surface area contributed by atoms with Gasteiger partial charge in [0.25, 0.3) is 0 Å². The number of rotatable bonds is 4. The maximum atomic E-state index is 5.65. The van der Waals surface area contributed by atoms with Crippen molar-refractivity contribution < 1.29 is 9.47 Å². The third-order valence-electron chi connectivity index (χ3n) is 5.42. The van der Waals surface area contributed by atoms with Crippen LogP contribution in [-0.4, -0.2) is 13.2 Å². The lowest BCUT2D eigenvalue weighted by molar-refractivity contribution is -0.0441. The van der Waals surface area contributed by atoms with E-state index in [1.807, 2.05) is 0 Å². The van der Waals surface area contributed by atoms with E-state index in [1.54, 1.807) is 0 Å². The van der Waals surface area contributed by atoms with Crippen LogP contribution >= 0.6 is 15.9 Å². The van der Waals surface area contributed by atoms with Gasteiger partial charge in [0.2, 0.25) is 0 Å². The Morgan fingerprint density at radius 3 is 2.31 bits per heavy atom. The number of ether oxygens (including phenoxy) is 2. The minimum Gasteiger partial charge on any atom is -0.346 e. The van der Waals surface area contributed by atoms with Gasteiger partial charge in [0.15, 0.2) is 6.29 Å². The van der Waals surface area contributed by atoms with Crippen LogP contribution in [0.15, 0.2) is 89.1 Å². The summed E-state index contributed by atoms with van der Waals surface area (Å²) in [6.45, 7) is 1.31. The summed E-state index contributed by atoms with van der Waals surface area (Å²) in [6, 6.07) is 23.6. The molecule has 0 aromatic heterocycles. The highest BCUT2D eigenvalue weighted by Gasteiger charge is 2.21. The number of hydrogen-bond acceptors (Lipinski definition) is 3. The molecule has 0 atom stereocenters. The van der Waals surface area contributed by atoms with Crippen molar-refractivity contribution in [1.29, 1.82) is 0 Å². The average molecular weight is 448 g/mol. The quantitative estimate of drug-likeness (QED) is 0.430. The Kier molecular flexibility index (Phi) is 5.23. The second-order valence-electron chi connectivity index (χ2n) is 7.27. The zero-order valence-corrected chi connectivity index (χ0v) is 17.6. The molecular weight excluding hydrogens is 426 g/mol. The lowest BCUT2D eigenvalue weighted by atomic mass is 10.0. The van der Waals surface area contributed by atoms with Gasteiger partial charge in [0, 0.05) is 22.3 Å². The molecule has 0 saturated carbocycles. The monoisotopic (exact) mass is 447 g/mol. The fourth-order valence-corrected chi connectivity index (χ4v) is 4.31. The first-order chi connectivity index (χ1) is 14.3. The molecule has 1 aliphatic carbocycles.